The van der Waals surface area contributed by atoms with Gasteiger partial charge < -0.3 is 19.4 Å². The first-order valence-corrected chi connectivity index (χ1v) is 40.2. The Kier molecular flexibility index (Phi) is 19.0. The van der Waals surface area contributed by atoms with Gasteiger partial charge in [-0.2, -0.15) is 0 Å². The van der Waals surface area contributed by atoms with Crippen molar-refractivity contribution in [2.45, 2.75) is 0 Å². The molecule has 0 unspecified atom stereocenters. The van der Waals surface area contributed by atoms with E-state index in [-0.39, 0.29) is 0 Å². The van der Waals surface area contributed by atoms with Gasteiger partial charge in [-0.25, -0.2) is 19.9 Å². The molecule has 0 atom stereocenters. The number of rotatable bonds is 11. The number of aromatic nitrogens is 6. The first-order chi connectivity index (χ1) is 58.0. The van der Waals surface area contributed by atoms with Crippen molar-refractivity contribution in [1.29, 1.82) is 0 Å². The molecule has 0 radical (unpaired) electrons. The second-order valence-corrected chi connectivity index (χ2v) is 29.9. The van der Waals surface area contributed by atoms with Crippen LogP contribution in [-0.4, -0.2) is 29.1 Å². The average molecular weight is 1560 g/mol. The van der Waals surface area contributed by atoms with Gasteiger partial charge in [-0.15, -0.1) is 0 Å². The predicted molar refractivity (Wildman–Crippen MR) is 489 cm³/mol. The van der Waals surface area contributed by atoms with Gasteiger partial charge in [0.2, 0.25) is 0 Å². The van der Waals surface area contributed by atoms with Crippen LogP contribution >= 0.6 is 15.9 Å². The summed E-state index contributed by atoms with van der Waals surface area (Å²) in [5.74, 6) is 1.42. The molecule has 2 aliphatic heterocycles. The Balaban J connectivity index is 0.000000126. The Morgan fingerprint density at radius 1 is 0.222 bits per heavy atom. The highest BCUT2D eigenvalue weighted by atomic mass is 79.9. The molecular weight excluding hydrogens is 1490 g/mol. The molecule has 0 amide bonds. The summed E-state index contributed by atoms with van der Waals surface area (Å²) in [5.41, 5.74) is 34.6. The van der Waals surface area contributed by atoms with Gasteiger partial charge in [0.15, 0.2) is 11.6 Å². The predicted octanol–water partition coefficient (Wildman–Crippen LogP) is 29.1. The normalized spacial score (nSPS) is 11.5. The summed E-state index contributed by atoms with van der Waals surface area (Å²) in [7, 11) is 0. The molecule has 0 saturated heterocycles. The third kappa shape index (κ3) is 13.6. The molecular formula is C108H73BrN8. The van der Waals surface area contributed by atoms with Crippen LogP contribution in [0.15, 0.2) is 441 Å². The summed E-state index contributed by atoms with van der Waals surface area (Å²) in [6.45, 7) is 0. The van der Waals surface area contributed by atoms with E-state index in [9.17, 15) is 0 Å². The second-order valence-electron chi connectivity index (χ2n) is 29.0. The lowest BCUT2D eigenvalue weighted by Crippen LogP contribution is -2.11. The number of hydrogen-bond acceptors (Lipinski definition) is 6. The fourth-order valence-corrected chi connectivity index (χ4v) is 16.8. The van der Waals surface area contributed by atoms with Crippen molar-refractivity contribution in [3.8, 4) is 146 Å². The quantitative estimate of drug-likeness (QED) is 0.139. The maximum atomic E-state index is 5.12. The van der Waals surface area contributed by atoms with E-state index >= 15 is 0 Å². The standard InChI is InChI=1S/C54H36N4.C32H22N2.C22H15BrN2/c1-5-18-37(19-6-1)43-28-17-29-46-51-44-26-13-15-30-49(44)57(50-31-16-14-27-45(50)53(51)58(52(43)46)41-24-11-4-12-25-41)42-34-32-40(33-35-42)54-55-47(38-20-7-2-8-21-38)36-48(56-54)39-22-9-3-10-23-39;1-3-12-22(13-4-1)24-18-11-19-27-30-25-16-7-9-20-28(25)33-29-21-10-8-17-26(29)32(30)34(31(24)27)23-14-5-2-6-15-23;23-19-13-11-18(12-14-19)22-24-20(16-7-3-1-4-8-16)15-21(25-22)17-9-5-2-6-10-17/h1-36H;1-21,33H;1-15H. The summed E-state index contributed by atoms with van der Waals surface area (Å²) in [4.78, 5) is 22.3. The summed E-state index contributed by atoms with van der Waals surface area (Å²) in [5, 5.41) is 6.18. The van der Waals surface area contributed by atoms with Crippen LogP contribution in [0.5, 0.6) is 0 Å². The molecule has 20 aromatic rings. The van der Waals surface area contributed by atoms with E-state index in [1.807, 2.05) is 78.9 Å². The van der Waals surface area contributed by atoms with Crippen LogP contribution < -0.4 is 10.2 Å². The van der Waals surface area contributed by atoms with Crippen LogP contribution in [0.3, 0.4) is 0 Å². The molecule has 117 heavy (non-hydrogen) atoms. The van der Waals surface area contributed by atoms with Crippen molar-refractivity contribution in [3.63, 3.8) is 0 Å². The molecule has 2 aliphatic rings. The third-order valence-electron chi connectivity index (χ3n) is 21.9. The molecule has 22 rings (SSSR count). The van der Waals surface area contributed by atoms with Gasteiger partial charge in [-0.05, 0) is 108 Å². The lowest BCUT2D eigenvalue weighted by molar-refractivity contribution is 1.13. The summed E-state index contributed by atoms with van der Waals surface area (Å²) >= 11 is 3.48. The second kappa shape index (κ2) is 31.4. The van der Waals surface area contributed by atoms with Gasteiger partial charge in [-0.1, -0.05) is 356 Å². The molecule has 0 spiro atoms. The van der Waals surface area contributed by atoms with Gasteiger partial charge in [0.05, 0.1) is 56.6 Å². The highest BCUT2D eigenvalue weighted by Crippen LogP contribution is 2.57. The molecule has 6 heterocycles. The van der Waals surface area contributed by atoms with Crippen molar-refractivity contribution < 1.29 is 0 Å². The van der Waals surface area contributed by atoms with E-state index in [4.69, 9.17) is 19.9 Å². The van der Waals surface area contributed by atoms with Crippen molar-refractivity contribution in [1.82, 2.24) is 29.1 Å². The number of nitrogens with zero attached hydrogens (tertiary/aromatic N) is 7. The third-order valence-corrected chi connectivity index (χ3v) is 22.4. The van der Waals surface area contributed by atoms with E-state index in [0.29, 0.717) is 5.82 Å². The number of benzene rings is 16. The Morgan fingerprint density at radius 2 is 0.530 bits per heavy atom. The van der Waals surface area contributed by atoms with Gasteiger partial charge in [0, 0.05) is 122 Å². The summed E-state index contributed by atoms with van der Waals surface area (Å²) < 4.78 is 5.98. The topological polar surface area (TPSA) is 76.7 Å². The van der Waals surface area contributed by atoms with Crippen molar-refractivity contribution >= 4 is 66.2 Å². The number of para-hydroxylation sites is 8. The van der Waals surface area contributed by atoms with Crippen LogP contribution in [0, 0.1) is 0 Å². The smallest absolute Gasteiger partial charge is 0.160 e. The van der Waals surface area contributed by atoms with Crippen LogP contribution in [0.4, 0.5) is 28.4 Å². The molecule has 4 aromatic heterocycles. The maximum Gasteiger partial charge on any atom is 0.160 e. The van der Waals surface area contributed by atoms with E-state index in [1.165, 1.54) is 83.3 Å². The largest absolute Gasteiger partial charge is 0.354 e. The van der Waals surface area contributed by atoms with E-state index in [2.05, 4.69) is 393 Å². The van der Waals surface area contributed by atoms with Crippen molar-refractivity contribution in [2.24, 2.45) is 0 Å². The molecule has 16 aromatic carbocycles. The van der Waals surface area contributed by atoms with Crippen LogP contribution in [0.1, 0.15) is 0 Å². The number of hydrogen-bond donors (Lipinski definition) is 1. The first kappa shape index (κ1) is 70.9. The minimum Gasteiger partial charge on any atom is -0.354 e. The van der Waals surface area contributed by atoms with Crippen molar-refractivity contribution in [3.05, 3.63) is 441 Å². The molecule has 1 N–H and O–H groups in total. The SMILES string of the molecule is Brc1ccc(-c2nc(-c3ccccc3)cc(-c3ccccc3)n2)cc1.c1ccc(-c2cc(-c3ccccc3)nc(-c3ccc(N4c5ccccc5-c5c(n(-c6ccccc6)c6c(-c7ccccc7)cccc56)-c5ccccc54)cc3)n2)cc1.c1ccc(-c2cccc3c4c(n(-c5ccccc5)c23)-c2ccccc2Nc2ccccc2-4)cc1. The number of fused-ring (bicyclic) bond motifs is 14. The number of anilines is 5. The monoisotopic (exact) mass is 1560 g/mol. The number of halogens is 1. The fraction of sp³-hybridized carbons (Fsp3) is 0. The van der Waals surface area contributed by atoms with Gasteiger partial charge in [0.1, 0.15) is 0 Å². The summed E-state index contributed by atoms with van der Waals surface area (Å²) in [6, 6.07) is 153. The molecule has 552 valence electrons. The molecule has 8 nitrogen and oxygen atoms in total. The molecule has 0 fully saturated rings. The molecule has 9 heteroatoms. The Labute approximate surface area is 688 Å². The Bertz CT molecular complexity index is 6870. The van der Waals surface area contributed by atoms with Crippen LogP contribution in [-0.2, 0) is 0 Å². The van der Waals surface area contributed by atoms with E-state index in [0.717, 1.165) is 112 Å². The highest BCUT2D eigenvalue weighted by molar-refractivity contribution is 9.10. The molecule has 0 bridgehead atoms. The Hall–Kier alpha value is -15.2. The fourth-order valence-electron chi connectivity index (χ4n) is 16.6. The zero-order valence-corrected chi connectivity index (χ0v) is 65.2. The minimum absolute atomic E-state index is 0.688. The van der Waals surface area contributed by atoms with E-state index in [1.54, 1.807) is 0 Å². The average Bonchev–Trinajstić information content (AvgIpc) is 1.55. The molecule has 0 aliphatic carbocycles. The molecule has 0 saturated carbocycles. The van der Waals surface area contributed by atoms with Crippen molar-refractivity contribution in [2.75, 3.05) is 10.2 Å². The van der Waals surface area contributed by atoms with Gasteiger partial charge >= 0.3 is 0 Å². The first-order valence-electron chi connectivity index (χ1n) is 39.4. The van der Waals surface area contributed by atoms with Gasteiger partial charge in [0.25, 0.3) is 0 Å². The lowest BCUT2D eigenvalue weighted by Gasteiger charge is -2.27. The van der Waals surface area contributed by atoms with Crippen LogP contribution in [0.25, 0.3) is 168 Å². The van der Waals surface area contributed by atoms with Gasteiger partial charge in [-0.3, -0.25) is 0 Å². The summed E-state index contributed by atoms with van der Waals surface area (Å²) in [6.07, 6.45) is 0. The maximum absolute atomic E-state index is 5.12. The minimum atomic E-state index is 0.688. The van der Waals surface area contributed by atoms with Crippen LogP contribution in [0.2, 0.25) is 0 Å². The lowest BCUT2D eigenvalue weighted by atomic mass is 9.96. The number of nitrogens with one attached hydrogen (secondary N) is 1. The Morgan fingerprint density at radius 3 is 0.957 bits per heavy atom. The van der Waals surface area contributed by atoms with E-state index < -0.39 is 0 Å². The highest BCUT2D eigenvalue weighted by Gasteiger charge is 2.34. The zero-order chi connectivity index (χ0) is 78.0. The zero-order valence-electron chi connectivity index (χ0n) is 63.6.